The molecule has 0 aromatic rings. The Morgan fingerprint density at radius 1 is 0.325 bits per heavy atom. The first kappa shape index (κ1) is 81.6. The highest BCUT2D eigenvalue weighted by Gasteiger charge is 2.20. The number of nitrogens with one attached hydrogen (secondary N) is 1. The molecule has 6 nitrogen and oxygen atoms in total. The second kappa shape index (κ2) is 73.1. The highest BCUT2D eigenvalue weighted by atomic mass is 16.5. The number of hydrogen-bond acceptors (Lipinski definition) is 5. The van der Waals surface area contributed by atoms with Crippen LogP contribution in [0.5, 0.6) is 0 Å². The van der Waals surface area contributed by atoms with Crippen LogP contribution in [0.1, 0.15) is 444 Å². The molecule has 0 spiro atoms. The number of aliphatic hydroxyl groups excluding tert-OH is 2. The molecule has 2 unspecified atom stereocenters. The second-order valence-corrected chi connectivity index (χ2v) is 26.7. The Kier molecular flexibility index (Phi) is 71.8. The van der Waals surface area contributed by atoms with E-state index in [9.17, 15) is 19.8 Å². The minimum atomic E-state index is -0.662. The van der Waals surface area contributed by atoms with Crippen molar-refractivity contribution in [2.24, 2.45) is 0 Å². The predicted octanol–water partition coefficient (Wildman–Crippen LogP) is 25.1. The summed E-state index contributed by atoms with van der Waals surface area (Å²) in [6.07, 6.45) is 91.4. The number of aliphatic hydroxyl groups is 2. The fourth-order valence-corrected chi connectivity index (χ4v) is 12.5. The summed E-state index contributed by atoms with van der Waals surface area (Å²) in [6, 6.07) is -0.539. The van der Waals surface area contributed by atoms with Crippen molar-refractivity contribution >= 4 is 11.9 Å². The average molecular weight is 1170 g/mol. The largest absolute Gasteiger partial charge is 0.466 e. The monoisotopic (exact) mass is 1170 g/mol. The van der Waals surface area contributed by atoms with E-state index >= 15 is 0 Å². The fraction of sp³-hybridized carbons (Fsp3) is 0.948. The zero-order chi connectivity index (χ0) is 59.9. The Hall–Kier alpha value is -1.40. The van der Waals surface area contributed by atoms with Gasteiger partial charge in [-0.2, -0.15) is 0 Å². The molecule has 0 aliphatic heterocycles. The standard InChI is InChI=1S/C77H151NO5/c1-3-5-7-9-11-13-15-17-19-21-34-37-41-45-49-53-57-61-65-69-75(80)74(73-79)78-76(81)70-66-62-58-54-50-46-42-38-35-32-30-28-26-24-23-25-27-29-31-33-36-40-44-48-52-56-60-64-68-72-83-77(82)71-67-63-59-55-51-47-43-39-22-20-18-16-14-12-10-8-6-4-2/h20,22,74-75,79-80H,3-19,21,23-73H2,1-2H3,(H,78,81)/b22-20-. The number of ether oxygens (including phenoxy) is 1. The Bertz CT molecular complexity index is 1260. The van der Waals surface area contributed by atoms with Crippen LogP contribution < -0.4 is 5.32 Å². The van der Waals surface area contributed by atoms with Crippen LogP contribution in [0.3, 0.4) is 0 Å². The topological polar surface area (TPSA) is 95.9 Å². The zero-order valence-corrected chi connectivity index (χ0v) is 56.7. The number of unbranched alkanes of at least 4 members (excludes halogenated alkanes) is 60. The highest BCUT2D eigenvalue weighted by Crippen LogP contribution is 2.20. The minimum absolute atomic E-state index is 0.0179. The van der Waals surface area contributed by atoms with Gasteiger partial charge >= 0.3 is 5.97 Å². The van der Waals surface area contributed by atoms with Gasteiger partial charge in [0.15, 0.2) is 0 Å². The van der Waals surface area contributed by atoms with Crippen LogP contribution in [0, 0.1) is 0 Å². The quantitative estimate of drug-likeness (QED) is 0.0320. The molecule has 0 aliphatic carbocycles. The molecule has 0 fully saturated rings. The van der Waals surface area contributed by atoms with E-state index in [1.54, 1.807) is 0 Å². The Labute approximate surface area is 520 Å². The van der Waals surface area contributed by atoms with E-state index in [-0.39, 0.29) is 18.5 Å². The van der Waals surface area contributed by atoms with Crippen LogP contribution in [-0.4, -0.2) is 47.4 Å². The van der Waals surface area contributed by atoms with Crippen LogP contribution in [0.4, 0.5) is 0 Å². The molecule has 2 atom stereocenters. The fourth-order valence-electron chi connectivity index (χ4n) is 12.5. The summed E-state index contributed by atoms with van der Waals surface area (Å²) >= 11 is 0. The van der Waals surface area contributed by atoms with Crippen molar-refractivity contribution in [1.29, 1.82) is 0 Å². The van der Waals surface area contributed by atoms with Gasteiger partial charge in [0.2, 0.25) is 5.91 Å². The van der Waals surface area contributed by atoms with E-state index in [2.05, 4.69) is 31.3 Å². The molecule has 0 radical (unpaired) electrons. The Morgan fingerprint density at radius 2 is 0.566 bits per heavy atom. The van der Waals surface area contributed by atoms with Gasteiger partial charge in [0.05, 0.1) is 25.4 Å². The molecule has 494 valence electrons. The lowest BCUT2D eigenvalue weighted by Gasteiger charge is -2.22. The third kappa shape index (κ3) is 69.6. The van der Waals surface area contributed by atoms with Crippen molar-refractivity contribution < 1.29 is 24.5 Å². The van der Waals surface area contributed by atoms with E-state index in [1.165, 1.54) is 366 Å². The SMILES string of the molecule is CCCCCCCCC/C=C\CCCCCCCCCC(=O)OCCCCCCCCCCCCCCCCCCCCCCCCCCCCCCCC(=O)NC(CO)C(O)CCCCCCCCCCCCCCCCCCCCC. The maximum Gasteiger partial charge on any atom is 0.305 e. The third-order valence-corrected chi connectivity index (χ3v) is 18.3. The molecule has 0 rings (SSSR count). The lowest BCUT2D eigenvalue weighted by Crippen LogP contribution is -2.45. The minimum Gasteiger partial charge on any atom is -0.466 e. The Morgan fingerprint density at radius 3 is 0.855 bits per heavy atom. The maximum atomic E-state index is 12.5. The molecule has 0 saturated carbocycles. The first-order valence-corrected chi connectivity index (χ1v) is 38.4. The van der Waals surface area contributed by atoms with E-state index < -0.39 is 12.1 Å². The smallest absolute Gasteiger partial charge is 0.305 e. The molecule has 3 N–H and O–H groups in total. The molecule has 0 bridgehead atoms. The van der Waals surface area contributed by atoms with Gasteiger partial charge in [0.1, 0.15) is 0 Å². The maximum absolute atomic E-state index is 12.5. The van der Waals surface area contributed by atoms with Gasteiger partial charge in [-0.3, -0.25) is 9.59 Å². The molecule has 0 aromatic heterocycles. The van der Waals surface area contributed by atoms with Gasteiger partial charge in [-0.15, -0.1) is 0 Å². The molecular weight excluding hydrogens is 1020 g/mol. The molecule has 0 heterocycles. The number of carbonyl (C=O) groups excluding carboxylic acids is 2. The highest BCUT2D eigenvalue weighted by molar-refractivity contribution is 5.76. The summed E-state index contributed by atoms with van der Waals surface area (Å²) in [5, 5.41) is 23.4. The molecule has 1 amide bonds. The summed E-state index contributed by atoms with van der Waals surface area (Å²) in [7, 11) is 0. The van der Waals surface area contributed by atoms with Crippen molar-refractivity contribution in [1.82, 2.24) is 5.32 Å². The lowest BCUT2D eigenvalue weighted by molar-refractivity contribution is -0.143. The van der Waals surface area contributed by atoms with Crippen molar-refractivity contribution in [3.63, 3.8) is 0 Å². The van der Waals surface area contributed by atoms with E-state index in [0.717, 1.165) is 44.9 Å². The first-order valence-electron chi connectivity index (χ1n) is 38.4. The molecule has 83 heavy (non-hydrogen) atoms. The van der Waals surface area contributed by atoms with Crippen molar-refractivity contribution in [2.45, 2.75) is 456 Å². The van der Waals surface area contributed by atoms with Crippen molar-refractivity contribution in [3.05, 3.63) is 12.2 Å². The van der Waals surface area contributed by atoms with E-state index in [0.29, 0.717) is 25.9 Å². The van der Waals surface area contributed by atoms with Crippen LogP contribution in [0.2, 0.25) is 0 Å². The molecule has 0 aliphatic rings. The first-order chi connectivity index (χ1) is 41.0. The summed E-state index contributed by atoms with van der Waals surface area (Å²) in [6.45, 7) is 5.00. The van der Waals surface area contributed by atoms with Gasteiger partial charge in [-0.25, -0.2) is 0 Å². The van der Waals surface area contributed by atoms with E-state index in [4.69, 9.17) is 4.74 Å². The van der Waals surface area contributed by atoms with Crippen molar-refractivity contribution in [2.75, 3.05) is 13.2 Å². The second-order valence-electron chi connectivity index (χ2n) is 26.7. The lowest BCUT2D eigenvalue weighted by atomic mass is 10.0. The molecular formula is C77H151NO5. The number of carbonyl (C=O) groups is 2. The zero-order valence-electron chi connectivity index (χ0n) is 56.7. The number of esters is 1. The predicted molar refractivity (Wildman–Crippen MR) is 366 cm³/mol. The van der Waals surface area contributed by atoms with Gasteiger partial charge in [0, 0.05) is 12.8 Å². The van der Waals surface area contributed by atoms with Crippen molar-refractivity contribution in [3.8, 4) is 0 Å². The number of hydrogen-bond donors (Lipinski definition) is 3. The summed E-state index contributed by atoms with van der Waals surface area (Å²) in [5.41, 5.74) is 0. The summed E-state index contributed by atoms with van der Waals surface area (Å²) in [4.78, 5) is 24.7. The van der Waals surface area contributed by atoms with Crippen LogP contribution in [0.25, 0.3) is 0 Å². The number of allylic oxidation sites excluding steroid dienone is 2. The van der Waals surface area contributed by atoms with Crippen LogP contribution in [-0.2, 0) is 14.3 Å². The Balaban J connectivity index is 3.32. The van der Waals surface area contributed by atoms with Crippen LogP contribution >= 0.6 is 0 Å². The summed E-state index contributed by atoms with van der Waals surface area (Å²) in [5.74, 6) is -0.00853. The van der Waals surface area contributed by atoms with Gasteiger partial charge < -0.3 is 20.3 Å². The molecule has 0 aromatic carbocycles. The van der Waals surface area contributed by atoms with E-state index in [1.807, 2.05) is 0 Å². The normalized spacial score (nSPS) is 12.5. The van der Waals surface area contributed by atoms with Gasteiger partial charge in [-0.05, 0) is 51.4 Å². The molecule has 0 saturated heterocycles. The third-order valence-electron chi connectivity index (χ3n) is 18.3. The van der Waals surface area contributed by atoms with Crippen LogP contribution in [0.15, 0.2) is 12.2 Å². The number of amides is 1. The number of rotatable bonds is 73. The average Bonchev–Trinajstić information content (AvgIpc) is 3.49. The molecule has 6 heteroatoms. The summed E-state index contributed by atoms with van der Waals surface area (Å²) < 4.78 is 5.51. The van der Waals surface area contributed by atoms with Gasteiger partial charge in [-0.1, -0.05) is 392 Å². The van der Waals surface area contributed by atoms with Gasteiger partial charge in [0.25, 0.3) is 0 Å².